The van der Waals surface area contributed by atoms with Crippen LogP contribution in [-0.2, 0) is 4.79 Å². The van der Waals surface area contributed by atoms with Crippen molar-refractivity contribution in [1.82, 2.24) is 0 Å². The first-order valence-electron chi connectivity index (χ1n) is 6.57. The molecule has 1 fully saturated rings. The van der Waals surface area contributed by atoms with Crippen LogP contribution >= 0.6 is 0 Å². The molecule has 18 heavy (non-hydrogen) atoms. The normalized spacial score (nSPS) is 29.0. The highest BCUT2D eigenvalue weighted by molar-refractivity contribution is 5.96. The summed E-state index contributed by atoms with van der Waals surface area (Å²) in [6.45, 7) is 4.43. The smallest absolute Gasteiger partial charge is 0.159 e. The molecule has 0 saturated heterocycles. The lowest BCUT2D eigenvalue weighted by Crippen LogP contribution is -2.52. The summed E-state index contributed by atoms with van der Waals surface area (Å²) in [6.07, 6.45) is 7.11. The number of hydrogen-bond donors (Lipinski definition) is 0. The van der Waals surface area contributed by atoms with E-state index in [1.54, 1.807) is 0 Å². The van der Waals surface area contributed by atoms with E-state index in [-0.39, 0.29) is 11.3 Å². The molecule has 3 aliphatic carbocycles. The molecular formula is C17H18O. The average molecular weight is 238 g/mol. The monoisotopic (exact) mass is 238 g/mol. The molecule has 1 saturated carbocycles. The summed E-state index contributed by atoms with van der Waals surface area (Å²) in [5.41, 5.74) is 2.55. The Hall–Kier alpha value is -1.63. The van der Waals surface area contributed by atoms with Gasteiger partial charge in [0.1, 0.15) is 0 Å². The number of fused-ring (bicyclic) bond motifs is 1. The standard InChI is InChI=1S/C17H18O/c1-17(2)14-11-15(17)16(18)10-13(14)9-8-12-6-4-3-5-7-12/h3-10,14-15H,11H2,1-2H3/t14-,15-/m1/s1. The molecular weight excluding hydrogens is 220 g/mol. The van der Waals surface area contributed by atoms with Crippen LogP contribution in [0.4, 0.5) is 0 Å². The Bertz CT molecular complexity index is 534. The van der Waals surface area contributed by atoms with Crippen molar-refractivity contribution in [2.75, 3.05) is 0 Å². The minimum absolute atomic E-state index is 0.155. The first kappa shape index (κ1) is 11.5. The second-order valence-corrected chi connectivity index (χ2v) is 5.95. The Morgan fingerprint density at radius 1 is 1.11 bits per heavy atom. The third-order valence-electron chi connectivity index (χ3n) is 4.59. The second-order valence-electron chi connectivity index (χ2n) is 5.95. The molecule has 0 N–H and O–H groups in total. The molecule has 1 nitrogen and oxygen atoms in total. The lowest BCUT2D eigenvalue weighted by Gasteiger charge is -2.54. The molecule has 0 amide bonds. The van der Waals surface area contributed by atoms with E-state index < -0.39 is 0 Å². The van der Waals surface area contributed by atoms with Gasteiger partial charge in [0, 0.05) is 5.92 Å². The van der Waals surface area contributed by atoms with Crippen molar-refractivity contribution in [1.29, 1.82) is 0 Å². The number of allylic oxidation sites excluding steroid dienone is 3. The van der Waals surface area contributed by atoms with E-state index in [0.29, 0.717) is 11.7 Å². The maximum absolute atomic E-state index is 12.0. The van der Waals surface area contributed by atoms with E-state index in [1.165, 1.54) is 11.1 Å². The van der Waals surface area contributed by atoms with Gasteiger partial charge in [-0.05, 0) is 35.0 Å². The van der Waals surface area contributed by atoms with E-state index in [2.05, 4.69) is 38.1 Å². The maximum atomic E-state index is 12.0. The van der Waals surface area contributed by atoms with Gasteiger partial charge >= 0.3 is 0 Å². The molecule has 3 aliphatic rings. The predicted octanol–water partition coefficient (Wildman–Crippen LogP) is 3.87. The minimum atomic E-state index is 0.155. The zero-order chi connectivity index (χ0) is 12.8. The van der Waals surface area contributed by atoms with Gasteiger partial charge in [-0.2, -0.15) is 0 Å². The largest absolute Gasteiger partial charge is 0.295 e. The quantitative estimate of drug-likeness (QED) is 0.764. The Morgan fingerprint density at radius 2 is 1.83 bits per heavy atom. The van der Waals surface area contributed by atoms with Crippen molar-refractivity contribution >= 4 is 11.9 Å². The van der Waals surface area contributed by atoms with Crippen LogP contribution in [-0.4, -0.2) is 5.78 Å². The highest BCUT2D eigenvalue weighted by Crippen LogP contribution is 2.58. The Balaban J connectivity index is 1.86. The fourth-order valence-corrected chi connectivity index (χ4v) is 3.26. The first-order valence-corrected chi connectivity index (χ1v) is 6.57. The second kappa shape index (κ2) is 3.94. The van der Waals surface area contributed by atoms with E-state index in [1.807, 2.05) is 24.3 Å². The number of benzene rings is 1. The molecule has 0 radical (unpaired) electrons. The minimum Gasteiger partial charge on any atom is -0.295 e. The molecule has 0 unspecified atom stereocenters. The van der Waals surface area contributed by atoms with Crippen LogP contribution in [0.5, 0.6) is 0 Å². The molecule has 4 rings (SSSR count). The molecule has 1 aromatic carbocycles. The Labute approximate surface area is 108 Å². The van der Waals surface area contributed by atoms with E-state index >= 15 is 0 Å². The third-order valence-corrected chi connectivity index (χ3v) is 4.59. The van der Waals surface area contributed by atoms with Gasteiger partial charge in [-0.1, -0.05) is 56.3 Å². The van der Waals surface area contributed by atoms with Gasteiger partial charge in [0.15, 0.2) is 5.78 Å². The van der Waals surface area contributed by atoms with Crippen molar-refractivity contribution < 1.29 is 4.79 Å². The van der Waals surface area contributed by atoms with Gasteiger partial charge in [0.2, 0.25) is 0 Å². The number of carbonyl (C=O) groups excluding carboxylic acids is 1. The van der Waals surface area contributed by atoms with Gasteiger partial charge in [0.25, 0.3) is 0 Å². The zero-order valence-electron chi connectivity index (χ0n) is 10.9. The molecule has 0 spiro atoms. The van der Waals surface area contributed by atoms with Crippen LogP contribution < -0.4 is 0 Å². The van der Waals surface area contributed by atoms with Crippen LogP contribution in [0.25, 0.3) is 6.08 Å². The molecule has 0 heterocycles. The van der Waals surface area contributed by atoms with Crippen LogP contribution in [0.3, 0.4) is 0 Å². The summed E-state index contributed by atoms with van der Waals surface area (Å²) in [5, 5.41) is 0. The topological polar surface area (TPSA) is 17.1 Å². The lowest BCUT2D eigenvalue weighted by atomic mass is 9.48. The molecule has 0 aliphatic heterocycles. The van der Waals surface area contributed by atoms with E-state index in [4.69, 9.17) is 0 Å². The summed E-state index contributed by atoms with van der Waals surface area (Å²) >= 11 is 0. The number of hydrogen-bond acceptors (Lipinski definition) is 1. The summed E-state index contributed by atoms with van der Waals surface area (Å²) < 4.78 is 0. The highest BCUT2D eigenvalue weighted by Gasteiger charge is 2.54. The van der Waals surface area contributed by atoms with Gasteiger partial charge < -0.3 is 0 Å². The van der Waals surface area contributed by atoms with Crippen LogP contribution in [0.1, 0.15) is 25.8 Å². The molecule has 2 atom stereocenters. The lowest BCUT2D eigenvalue weighted by molar-refractivity contribution is -0.133. The van der Waals surface area contributed by atoms with Crippen molar-refractivity contribution in [3.8, 4) is 0 Å². The highest BCUT2D eigenvalue weighted by atomic mass is 16.1. The SMILES string of the molecule is CC1(C)[C@@H]2C[C@@H]1C(C=Cc1ccccc1)=CC2=O. The predicted molar refractivity (Wildman–Crippen MR) is 73.9 cm³/mol. The van der Waals surface area contributed by atoms with Gasteiger partial charge in [-0.25, -0.2) is 0 Å². The summed E-state index contributed by atoms with van der Waals surface area (Å²) in [7, 11) is 0. The number of carbonyl (C=O) groups is 1. The van der Waals surface area contributed by atoms with Crippen molar-refractivity contribution in [2.45, 2.75) is 20.3 Å². The van der Waals surface area contributed by atoms with Crippen molar-refractivity contribution in [2.24, 2.45) is 17.3 Å². The first-order chi connectivity index (χ1) is 8.59. The van der Waals surface area contributed by atoms with Gasteiger partial charge in [-0.15, -0.1) is 0 Å². The summed E-state index contributed by atoms with van der Waals surface area (Å²) in [5.74, 6) is 1.13. The maximum Gasteiger partial charge on any atom is 0.159 e. The van der Waals surface area contributed by atoms with Crippen LogP contribution in [0.2, 0.25) is 0 Å². The van der Waals surface area contributed by atoms with E-state index in [9.17, 15) is 4.79 Å². The fraction of sp³-hybridized carbons (Fsp3) is 0.353. The molecule has 1 aromatic rings. The van der Waals surface area contributed by atoms with E-state index in [0.717, 1.165) is 6.42 Å². The average Bonchev–Trinajstić information content (AvgIpc) is 2.36. The van der Waals surface area contributed by atoms with Crippen molar-refractivity contribution in [3.63, 3.8) is 0 Å². The summed E-state index contributed by atoms with van der Waals surface area (Å²) in [4.78, 5) is 12.0. The molecule has 2 bridgehead atoms. The summed E-state index contributed by atoms with van der Waals surface area (Å²) in [6, 6.07) is 10.2. The third kappa shape index (κ3) is 1.66. The zero-order valence-corrected chi connectivity index (χ0v) is 10.9. The van der Waals surface area contributed by atoms with Crippen molar-refractivity contribution in [3.05, 3.63) is 53.6 Å². The molecule has 0 aromatic heterocycles. The molecule has 1 heteroatoms. The van der Waals surface area contributed by atoms with Gasteiger partial charge in [-0.3, -0.25) is 4.79 Å². The van der Waals surface area contributed by atoms with Crippen LogP contribution in [0.15, 0.2) is 48.1 Å². The molecule has 92 valence electrons. The Kier molecular flexibility index (Phi) is 2.51. The Morgan fingerprint density at radius 3 is 2.44 bits per heavy atom. The fourth-order valence-electron chi connectivity index (χ4n) is 3.26. The van der Waals surface area contributed by atoms with Crippen LogP contribution in [0, 0.1) is 17.3 Å². The number of rotatable bonds is 2. The number of ketones is 1. The van der Waals surface area contributed by atoms with Gasteiger partial charge in [0.05, 0.1) is 0 Å².